The standard InChI is InChI=1S/C21H27N7O/c1-14-12-23-8-9-28(14)11-10-27(2)18-7-6-15(13-24-18)21-25-17-5-3-4-16(20(22)29)19(17)26-21/h3-7,13-14,23H,8-12H2,1-2H3,(H2,22,29)(H,25,26). The summed E-state index contributed by atoms with van der Waals surface area (Å²) < 4.78 is 0. The number of nitrogens with zero attached hydrogens (tertiary/aromatic N) is 4. The average Bonchev–Trinajstić information content (AvgIpc) is 3.17. The van der Waals surface area contributed by atoms with Gasteiger partial charge in [-0.1, -0.05) is 6.07 Å². The van der Waals surface area contributed by atoms with Crippen LogP contribution in [0.25, 0.3) is 22.4 Å². The third kappa shape index (κ3) is 4.08. The summed E-state index contributed by atoms with van der Waals surface area (Å²) in [5.41, 5.74) is 8.10. The number of aromatic amines is 1. The van der Waals surface area contributed by atoms with E-state index in [0.29, 0.717) is 22.9 Å². The van der Waals surface area contributed by atoms with Crippen LogP contribution in [0.2, 0.25) is 0 Å². The number of carbonyl (C=O) groups excluding carboxylic acids is 1. The Hall–Kier alpha value is -2.97. The fourth-order valence-electron chi connectivity index (χ4n) is 3.73. The monoisotopic (exact) mass is 393 g/mol. The minimum absolute atomic E-state index is 0.413. The van der Waals surface area contributed by atoms with Crippen LogP contribution in [-0.2, 0) is 0 Å². The number of primary amides is 1. The molecule has 1 aromatic carbocycles. The highest BCUT2D eigenvalue weighted by atomic mass is 16.1. The Morgan fingerprint density at radius 3 is 2.93 bits per heavy atom. The number of H-pyrrole nitrogens is 1. The van der Waals surface area contributed by atoms with E-state index in [1.807, 2.05) is 18.2 Å². The van der Waals surface area contributed by atoms with Gasteiger partial charge in [-0.3, -0.25) is 9.69 Å². The lowest BCUT2D eigenvalue weighted by Gasteiger charge is -2.35. The van der Waals surface area contributed by atoms with E-state index in [4.69, 9.17) is 5.73 Å². The lowest BCUT2D eigenvalue weighted by molar-refractivity contribution is 0.100. The Morgan fingerprint density at radius 2 is 2.21 bits per heavy atom. The van der Waals surface area contributed by atoms with Crippen molar-refractivity contribution in [2.45, 2.75) is 13.0 Å². The number of likely N-dealkylation sites (N-methyl/N-ethyl adjacent to an activating group) is 1. The highest BCUT2D eigenvalue weighted by molar-refractivity contribution is 6.04. The number of nitrogens with one attached hydrogen (secondary N) is 2. The highest BCUT2D eigenvalue weighted by Gasteiger charge is 2.18. The molecule has 8 heteroatoms. The van der Waals surface area contributed by atoms with Gasteiger partial charge in [0, 0.05) is 57.6 Å². The van der Waals surface area contributed by atoms with Gasteiger partial charge in [-0.05, 0) is 31.2 Å². The van der Waals surface area contributed by atoms with Crippen LogP contribution in [0.4, 0.5) is 5.82 Å². The van der Waals surface area contributed by atoms with Crippen LogP contribution in [-0.4, -0.2) is 71.6 Å². The molecule has 4 N–H and O–H groups in total. The summed E-state index contributed by atoms with van der Waals surface area (Å²) in [6.45, 7) is 7.38. The first-order valence-corrected chi connectivity index (χ1v) is 9.94. The van der Waals surface area contributed by atoms with Crippen LogP contribution in [0.5, 0.6) is 0 Å². The fourth-order valence-corrected chi connectivity index (χ4v) is 3.73. The van der Waals surface area contributed by atoms with E-state index in [-0.39, 0.29) is 0 Å². The third-order valence-corrected chi connectivity index (χ3v) is 5.55. The first-order chi connectivity index (χ1) is 14.0. The van der Waals surface area contributed by atoms with Crippen LogP contribution in [0, 0.1) is 0 Å². The molecular formula is C21H27N7O. The largest absolute Gasteiger partial charge is 0.366 e. The summed E-state index contributed by atoms with van der Waals surface area (Å²) in [4.78, 5) is 28.7. The van der Waals surface area contributed by atoms with E-state index in [0.717, 1.165) is 49.6 Å². The van der Waals surface area contributed by atoms with Crippen LogP contribution >= 0.6 is 0 Å². The SMILES string of the molecule is CC1CNCCN1CCN(C)c1ccc(-c2nc3c(C(N)=O)cccc3[nH]2)cn1. The molecule has 1 saturated heterocycles. The number of benzene rings is 1. The van der Waals surface area contributed by atoms with Gasteiger partial charge in [-0.15, -0.1) is 0 Å². The second-order valence-corrected chi connectivity index (χ2v) is 7.57. The number of para-hydroxylation sites is 1. The Bertz CT molecular complexity index is 998. The molecule has 3 heterocycles. The molecule has 0 aliphatic carbocycles. The molecule has 29 heavy (non-hydrogen) atoms. The van der Waals surface area contributed by atoms with Crippen molar-refractivity contribution in [3.8, 4) is 11.4 Å². The molecule has 0 radical (unpaired) electrons. The normalized spacial score (nSPS) is 17.5. The second-order valence-electron chi connectivity index (χ2n) is 7.57. The number of piperazine rings is 1. The van der Waals surface area contributed by atoms with Gasteiger partial charge in [0.25, 0.3) is 5.91 Å². The summed E-state index contributed by atoms with van der Waals surface area (Å²) in [7, 11) is 2.06. The minimum atomic E-state index is -0.484. The van der Waals surface area contributed by atoms with Gasteiger partial charge >= 0.3 is 0 Å². The van der Waals surface area contributed by atoms with Crippen LogP contribution in [0.15, 0.2) is 36.5 Å². The number of anilines is 1. The van der Waals surface area contributed by atoms with E-state index in [1.165, 1.54) is 0 Å². The zero-order valence-electron chi connectivity index (χ0n) is 16.9. The smallest absolute Gasteiger partial charge is 0.250 e. The Kier molecular flexibility index (Phi) is 5.46. The summed E-state index contributed by atoms with van der Waals surface area (Å²) in [5.74, 6) is 1.11. The molecule has 0 saturated carbocycles. The number of pyridine rings is 1. The zero-order valence-corrected chi connectivity index (χ0v) is 16.9. The fraction of sp³-hybridized carbons (Fsp3) is 0.381. The number of fused-ring (bicyclic) bond motifs is 1. The van der Waals surface area contributed by atoms with Crippen LogP contribution < -0.4 is 16.0 Å². The average molecular weight is 393 g/mol. The molecule has 3 aromatic rings. The van der Waals surface area contributed by atoms with Gasteiger partial charge < -0.3 is 20.9 Å². The maximum absolute atomic E-state index is 11.6. The van der Waals surface area contributed by atoms with E-state index < -0.39 is 5.91 Å². The Balaban J connectivity index is 1.47. The van der Waals surface area contributed by atoms with Crippen molar-refractivity contribution in [2.24, 2.45) is 5.73 Å². The minimum Gasteiger partial charge on any atom is -0.366 e. The molecule has 0 bridgehead atoms. The lowest BCUT2D eigenvalue weighted by atomic mass is 10.2. The summed E-state index contributed by atoms with van der Waals surface area (Å²) in [6.07, 6.45) is 1.81. The number of imidazole rings is 1. The molecular weight excluding hydrogens is 366 g/mol. The van der Waals surface area contributed by atoms with E-state index >= 15 is 0 Å². The molecule has 152 valence electrons. The second kappa shape index (κ2) is 8.18. The number of amides is 1. The Labute approximate surface area is 170 Å². The zero-order chi connectivity index (χ0) is 20.4. The van der Waals surface area contributed by atoms with Gasteiger partial charge in [0.1, 0.15) is 17.2 Å². The molecule has 1 aliphatic heterocycles. The number of nitrogens with two attached hydrogens (primary N) is 1. The van der Waals surface area contributed by atoms with Crippen molar-refractivity contribution in [1.29, 1.82) is 0 Å². The van der Waals surface area contributed by atoms with Crippen molar-refractivity contribution >= 4 is 22.8 Å². The van der Waals surface area contributed by atoms with Gasteiger partial charge in [-0.25, -0.2) is 9.97 Å². The number of hydrogen-bond acceptors (Lipinski definition) is 6. The molecule has 2 aromatic heterocycles. The predicted octanol–water partition coefficient (Wildman–Crippen LogP) is 1.45. The first kappa shape index (κ1) is 19.4. The van der Waals surface area contributed by atoms with E-state index in [1.54, 1.807) is 18.3 Å². The molecule has 4 rings (SSSR count). The summed E-state index contributed by atoms with van der Waals surface area (Å²) in [5, 5.41) is 3.42. The summed E-state index contributed by atoms with van der Waals surface area (Å²) >= 11 is 0. The molecule has 1 atom stereocenters. The topological polar surface area (TPSA) is 103 Å². The highest BCUT2D eigenvalue weighted by Crippen LogP contribution is 2.23. The lowest BCUT2D eigenvalue weighted by Crippen LogP contribution is -2.51. The Morgan fingerprint density at radius 1 is 1.34 bits per heavy atom. The maximum atomic E-state index is 11.6. The number of hydrogen-bond donors (Lipinski definition) is 3. The van der Waals surface area contributed by atoms with Crippen LogP contribution in [0.1, 0.15) is 17.3 Å². The van der Waals surface area contributed by atoms with Crippen LogP contribution in [0.3, 0.4) is 0 Å². The number of rotatable bonds is 6. The summed E-state index contributed by atoms with van der Waals surface area (Å²) in [6, 6.07) is 9.91. The molecule has 8 nitrogen and oxygen atoms in total. The van der Waals surface area contributed by atoms with Crippen molar-refractivity contribution in [1.82, 2.24) is 25.2 Å². The quantitative estimate of drug-likeness (QED) is 0.586. The van der Waals surface area contributed by atoms with Gasteiger partial charge in [0.2, 0.25) is 0 Å². The molecule has 1 fully saturated rings. The number of carbonyl (C=O) groups is 1. The van der Waals surface area contributed by atoms with Crippen molar-refractivity contribution in [3.63, 3.8) is 0 Å². The molecule has 1 aliphatic rings. The number of aromatic nitrogens is 3. The van der Waals surface area contributed by atoms with Crippen molar-refractivity contribution < 1.29 is 4.79 Å². The van der Waals surface area contributed by atoms with E-state index in [2.05, 4.69) is 44.0 Å². The molecule has 1 amide bonds. The predicted molar refractivity (Wildman–Crippen MR) is 115 cm³/mol. The van der Waals surface area contributed by atoms with Gasteiger partial charge in [0.15, 0.2) is 0 Å². The first-order valence-electron chi connectivity index (χ1n) is 9.94. The maximum Gasteiger partial charge on any atom is 0.250 e. The van der Waals surface area contributed by atoms with E-state index in [9.17, 15) is 4.79 Å². The molecule has 1 unspecified atom stereocenters. The van der Waals surface area contributed by atoms with Gasteiger partial charge in [-0.2, -0.15) is 0 Å². The molecule has 0 spiro atoms. The third-order valence-electron chi connectivity index (χ3n) is 5.55. The van der Waals surface area contributed by atoms with Crippen molar-refractivity contribution in [3.05, 3.63) is 42.1 Å². The van der Waals surface area contributed by atoms with Gasteiger partial charge in [0.05, 0.1) is 11.1 Å². The van der Waals surface area contributed by atoms with Crippen molar-refractivity contribution in [2.75, 3.05) is 44.7 Å².